The van der Waals surface area contributed by atoms with Gasteiger partial charge >= 0.3 is 0 Å². The molecular formula is C16H20BrN3O. The molecule has 2 rings (SSSR count). The van der Waals surface area contributed by atoms with Gasteiger partial charge in [0.2, 0.25) is 0 Å². The van der Waals surface area contributed by atoms with Crippen molar-refractivity contribution < 1.29 is 4.79 Å². The SMILES string of the molecule is CC(C)C(CNC(=O)c1cc(Br)c[nH]1)Nc1ccccc1. The van der Waals surface area contributed by atoms with Crippen LogP contribution in [0.2, 0.25) is 0 Å². The molecule has 1 aromatic carbocycles. The molecule has 1 aromatic heterocycles. The van der Waals surface area contributed by atoms with Crippen molar-refractivity contribution >= 4 is 27.5 Å². The van der Waals surface area contributed by atoms with Crippen molar-refractivity contribution in [3.05, 3.63) is 52.8 Å². The molecule has 1 heterocycles. The van der Waals surface area contributed by atoms with Crippen molar-refractivity contribution in [3.63, 3.8) is 0 Å². The average molecular weight is 350 g/mol. The van der Waals surface area contributed by atoms with Crippen LogP contribution in [0.25, 0.3) is 0 Å². The molecule has 4 nitrogen and oxygen atoms in total. The van der Waals surface area contributed by atoms with E-state index in [4.69, 9.17) is 0 Å². The van der Waals surface area contributed by atoms with Crippen LogP contribution >= 0.6 is 15.9 Å². The van der Waals surface area contributed by atoms with E-state index in [2.05, 4.69) is 45.4 Å². The molecular weight excluding hydrogens is 330 g/mol. The van der Waals surface area contributed by atoms with Crippen LogP contribution in [0.3, 0.4) is 0 Å². The minimum absolute atomic E-state index is 0.0961. The second kappa shape index (κ2) is 7.31. The molecule has 0 fully saturated rings. The zero-order chi connectivity index (χ0) is 15.2. The molecule has 0 saturated heterocycles. The Hall–Kier alpha value is -1.75. The minimum Gasteiger partial charge on any atom is -0.380 e. The third kappa shape index (κ3) is 4.63. The van der Waals surface area contributed by atoms with Gasteiger partial charge in [-0.25, -0.2) is 0 Å². The summed E-state index contributed by atoms with van der Waals surface area (Å²) in [6.07, 6.45) is 1.75. The monoisotopic (exact) mass is 349 g/mol. The molecule has 0 bridgehead atoms. The molecule has 2 aromatic rings. The van der Waals surface area contributed by atoms with E-state index in [-0.39, 0.29) is 11.9 Å². The fraction of sp³-hybridized carbons (Fsp3) is 0.312. The van der Waals surface area contributed by atoms with Gasteiger partial charge in [0.05, 0.1) is 0 Å². The highest BCUT2D eigenvalue weighted by atomic mass is 79.9. The van der Waals surface area contributed by atoms with E-state index >= 15 is 0 Å². The standard InChI is InChI=1S/C16H20BrN3O/c1-11(2)15(20-13-6-4-3-5-7-13)10-19-16(21)14-8-12(17)9-18-14/h3-9,11,15,18,20H,10H2,1-2H3,(H,19,21). The largest absolute Gasteiger partial charge is 0.380 e. The van der Waals surface area contributed by atoms with E-state index < -0.39 is 0 Å². The second-order valence-corrected chi connectivity index (χ2v) is 6.22. The van der Waals surface area contributed by atoms with Crippen LogP contribution in [0.15, 0.2) is 47.1 Å². The molecule has 0 radical (unpaired) electrons. The van der Waals surface area contributed by atoms with Crippen molar-refractivity contribution in [1.82, 2.24) is 10.3 Å². The second-order valence-electron chi connectivity index (χ2n) is 5.30. The first-order chi connectivity index (χ1) is 10.1. The van der Waals surface area contributed by atoms with Gasteiger partial charge in [0.25, 0.3) is 5.91 Å². The number of hydrogen-bond acceptors (Lipinski definition) is 2. The fourth-order valence-electron chi connectivity index (χ4n) is 2.00. The zero-order valence-corrected chi connectivity index (χ0v) is 13.8. The van der Waals surface area contributed by atoms with Gasteiger partial charge in [-0.05, 0) is 40.0 Å². The van der Waals surface area contributed by atoms with Gasteiger partial charge in [-0.15, -0.1) is 0 Å². The molecule has 1 unspecified atom stereocenters. The lowest BCUT2D eigenvalue weighted by Gasteiger charge is -2.23. The lowest BCUT2D eigenvalue weighted by Crippen LogP contribution is -2.39. The third-order valence-corrected chi connectivity index (χ3v) is 3.76. The van der Waals surface area contributed by atoms with Crippen molar-refractivity contribution in [2.45, 2.75) is 19.9 Å². The van der Waals surface area contributed by atoms with Crippen LogP contribution < -0.4 is 10.6 Å². The summed E-state index contributed by atoms with van der Waals surface area (Å²) >= 11 is 3.32. The van der Waals surface area contributed by atoms with E-state index in [0.717, 1.165) is 10.2 Å². The van der Waals surface area contributed by atoms with Crippen LogP contribution in [-0.2, 0) is 0 Å². The molecule has 0 spiro atoms. The molecule has 112 valence electrons. The van der Waals surface area contributed by atoms with Crippen LogP contribution in [0.5, 0.6) is 0 Å². The predicted octanol–water partition coefficient (Wildman–Crippen LogP) is 3.64. The van der Waals surface area contributed by atoms with Crippen LogP contribution in [-0.4, -0.2) is 23.5 Å². The Labute approximate surface area is 133 Å². The van der Waals surface area contributed by atoms with Gasteiger partial charge in [0.15, 0.2) is 0 Å². The molecule has 0 aliphatic heterocycles. The highest BCUT2D eigenvalue weighted by Gasteiger charge is 2.15. The molecule has 0 saturated carbocycles. The zero-order valence-electron chi connectivity index (χ0n) is 12.2. The molecule has 1 amide bonds. The lowest BCUT2D eigenvalue weighted by atomic mass is 10.0. The van der Waals surface area contributed by atoms with Gasteiger partial charge in [0.1, 0.15) is 5.69 Å². The number of amides is 1. The summed E-state index contributed by atoms with van der Waals surface area (Å²) < 4.78 is 0.871. The average Bonchev–Trinajstić information content (AvgIpc) is 2.90. The summed E-state index contributed by atoms with van der Waals surface area (Å²) in [5, 5.41) is 6.42. The van der Waals surface area contributed by atoms with Crippen molar-refractivity contribution in [1.29, 1.82) is 0 Å². The van der Waals surface area contributed by atoms with E-state index in [0.29, 0.717) is 18.2 Å². The first-order valence-corrected chi connectivity index (χ1v) is 7.79. The Bertz CT molecular complexity index is 580. The Morgan fingerprint density at radius 2 is 2.00 bits per heavy atom. The summed E-state index contributed by atoms with van der Waals surface area (Å²) in [7, 11) is 0. The van der Waals surface area contributed by atoms with Crippen molar-refractivity contribution in [2.24, 2.45) is 5.92 Å². The maximum atomic E-state index is 12.0. The summed E-state index contributed by atoms with van der Waals surface area (Å²) in [4.78, 5) is 15.0. The number of nitrogens with one attached hydrogen (secondary N) is 3. The van der Waals surface area contributed by atoms with Gasteiger partial charge in [-0.2, -0.15) is 0 Å². The number of carbonyl (C=O) groups excluding carboxylic acids is 1. The van der Waals surface area contributed by atoms with E-state index in [1.165, 1.54) is 0 Å². The molecule has 0 aliphatic carbocycles. The maximum absolute atomic E-state index is 12.0. The summed E-state index contributed by atoms with van der Waals surface area (Å²) in [6, 6.07) is 12.0. The molecule has 21 heavy (non-hydrogen) atoms. The predicted molar refractivity (Wildman–Crippen MR) is 89.5 cm³/mol. The Morgan fingerprint density at radius 1 is 1.29 bits per heavy atom. The summed E-state index contributed by atoms with van der Waals surface area (Å²) in [5.41, 5.74) is 1.62. The first-order valence-electron chi connectivity index (χ1n) is 7.00. The number of carbonyl (C=O) groups is 1. The quantitative estimate of drug-likeness (QED) is 0.745. The van der Waals surface area contributed by atoms with Crippen molar-refractivity contribution in [3.8, 4) is 0 Å². The number of rotatable bonds is 6. The van der Waals surface area contributed by atoms with Crippen LogP contribution in [0.1, 0.15) is 24.3 Å². The Kier molecular flexibility index (Phi) is 5.44. The number of H-pyrrole nitrogens is 1. The van der Waals surface area contributed by atoms with Gasteiger partial charge in [-0.1, -0.05) is 32.0 Å². The number of aromatic amines is 1. The number of hydrogen-bond donors (Lipinski definition) is 3. The smallest absolute Gasteiger partial charge is 0.267 e. The number of para-hydroxylation sites is 1. The van der Waals surface area contributed by atoms with Crippen LogP contribution in [0, 0.1) is 5.92 Å². The van der Waals surface area contributed by atoms with Crippen molar-refractivity contribution in [2.75, 3.05) is 11.9 Å². The number of aromatic nitrogens is 1. The van der Waals surface area contributed by atoms with Gasteiger partial charge < -0.3 is 15.6 Å². The normalized spacial score (nSPS) is 12.2. The van der Waals surface area contributed by atoms with Crippen LogP contribution in [0.4, 0.5) is 5.69 Å². The lowest BCUT2D eigenvalue weighted by molar-refractivity contribution is 0.0946. The Balaban J connectivity index is 1.93. The minimum atomic E-state index is -0.0961. The van der Waals surface area contributed by atoms with Gasteiger partial charge in [0, 0.05) is 28.9 Å². The summed E-state index contributed by atoms with van der Waals surface area (Å²) in [5.74, 6) is 0.307. The third-order valence-electron chi connectivity index (χ3n) is 3.31. The highest BCUT2D eigenvalue weighted by Crippen LogP contribution is 2.13. The highest BCUT2D eigenvalue weighted by molar-refractivity contribution is 9.10. The Morgan fingerprint density at radius 3 is 2.57 bits per heavy atom. The topological polar surface area (TPSA) is 56.9 Å². The number of halogens is 1. The molecule has 5 heteroatoms. The van der Waals surface area contributed by atoms with Gasteiger partial charge in [-0.3, -0.25) is 4.79 Å². The molecule has 3 N–H and O–H groups in total. The molecule has 0 aliphatic rings. The van der Waals surface area contributed by atoms with E-state index in [1.807, 2.05) is 30.3 Å². The fourth-order valence-corrected chi connectivity index (χ4v) is 2.34. The number of benzene rings is 1. The first kappa shape index (κ1) is 15.6. The molecule has 1 atom stereocenters. The summed E-state index contributed by atoms with van der Waals surface area (Å²) in [6.45, 7) is 4.85. The number of anilines is 1. The maximum Gasteiger partial charge on any atom is 0.267 e. The van der Waals surface area contributed by atoms with E-state index in [1.54, 1.807) is 12.3 Å². The van der Waals surface area contributed by atoms with E-state index in [9.17, 15) is 4.79 Å².